The number of hydrogen-bond donors (Lipinski definition) is 0. The van der Waals surface area contributed by atoms with Crippen molar-refractivity contribution in [3.05, 3.63) is 148 Å². The summed E-state index contributed by atoms with van der Waals surface area (Å²) in [5.74, 6) is 2.48. The van der Waals surface area contributed by atoms with Crippen LogP contribution in [0.4, 0.5) is 5.69 Å². The Morgan fingerprint density at radius 2 is 1.29 bits per heavy atom. The van der Waals surface area contributed by atoms with Crippen LogP contribution in [0.2, 0.25) is 0 Å². The van der Waals surface area contributed by atoms with Gasteiger partial charge in [0.2, 0.25) is 0 Å². The Bertz CT molecular complexity index is 2690. The number of pyridine rings is 1. The van der Waals surface area contributed by atoms with Gasteiger partial charge in [-0.2, -0.15) is 0 Å². The van der Waals surface area contributed by atoms with Crippen LogP contribution in [-0.2, 0) is 5.41 Å². The molecular formula is C51H54N4O. The van der Waals surface area contributed by atoms with Crippen LogP contribution in [0, 0.1) is 41.5 Å². The highest BCUT2D eigenvalue weighted by molar-refractivity contribution is 6.14. The van der Waals surface area contributed by atoms with Gasteiger partial charge in [-0.25, -0.2) is 4.98 Å². The summed E-state index contributed by atoms with van der Waals surface area (Å²) in [4.78, 5) is 9.74. The molecule has 8 rings (SSSR count). The van der Waals surface area contributed by atoms with E-state index in [4.69, 9.17) is 9.72 Å². The van der Waals surface area contributed by atoms with E-state index in [1.54, 1.807) is 0 Å². The first kappa shape index (κ1) is 37.1. The van der Waals surface area contributed by atoms with E-state index in [-0.39, 0.29) is 5.41 Å². The van der Waals surface area contributed by atoms with Crippen molar-refractivity contribution < 1.29 is 4.74 Å². The first-order chi connectivity index (χ1) is 26.6. The van der Waals surface area contributed by atoms with E-state index in [0.717, 1.165) is 51.7 Å². The molecule has 0 amide bonds. The Labute approximate surface area is 332 Å². The molecule has 0 unspecified atom stereocenters. The van der Waals surface area contributed by atoms with Gasteiger partial charge >= 0.3 is 0 Å². The number of benzene rings is 5. The van der Waals surface area contributed by atoms with Crippen LogP contribution in [-0.4, -0.2) is 28.2 Å². The lowest BCUT2D eigenvalue weighted by Crippen LogP contribution is -2.24. The van der Waals surface area contributed by atoms with Crippen LogP contribution in [0.3, 0.4) is 0 Å². The topological polar surface area (TPSA) is 33.5 Å². The highest BCUT2D eigenvalue weighted by atomic mass is 16.5. The molecule has 2 aromatic heterocycles. The number of nitrogens with zero attached hydrogens (tertiary/aromatic N) is 4. The summed E-state index contributed by atoms with van der Waals surface area (Å²) in [5.41, 5.74) is 19.5. The third-order valence-electron chi connectivity index (χ3n) is 11.8. The summed E-state index contributed by atoms with van der Waals surface area (Å²) in [5, 5.41) is 2.35. The predicted octanol–water partition coefficient (Wildman–Crippen LogP) is 13.4. The molecule has 5 aromatic carbocycles. The van der Waals surface area contributed by atoms with Crippen molar-refractivity contribution in [2.75, 3.05) is 18.6 Å². The number of fused-ring (bicyclic) bond motifs is 3. The lowest BCUT2D eigenvalue weighted by atomic mass is 9.88. The summed E-state index contributed by atoms with van der Waals surface area (Å²) in [7, 11) is 2.15. The third kappa shape index (κ3) is 6.43. The van der Waals surface area contributed by atoms with Gasteiger partial charge in [-0.05, 0) is 142 Å². The fourth-order valence-electron chi connectivity index (χ4n) is 9.05. The van der Waals surface area contributed by atoms with Gasteiger partial charge in [-0.1, -0.05) is 74.4 Å². The quantitative estimate of drug-likeness (QED) is 0.170. The van der Waals surface area contributed by atoms with E-state index in [0.29, 0.717) is 0 Å². The highest BCUT2D eigenvalue weighted by Crippen LogP contribution is 2.43. The van der Waals surface area contributed by atoms with E-state index in [2.05, 4.69) is 189 Å². The fraction of sp³-hybridized carbons (Fsp3) is 0.275. The van der Waals surface area contributed by atoms with Crippen LogP contribution in [0.5, 0.6) is 11.5 Å². The van der Waals surface area contributed by atoms with Crippen molar-refractivity contribution in [2.45, 2.75) is 81.6 Å². The standard InChI is InChI=1S/C51H54N4O/c1-30-20-32(3)48(33(4)21-30)38-24-40(54-29-53(12)36(7)37(54)8)27-42(25-38)56-41-16-17-43-44-14-13-15-45(49-34(5)22-31(2)23-35(49)6)50(44)55(46(43)28-41)47-26-39(18-19-52-47)51(9,10)11/h13-28H,29H2,1-12H3. The lowest BCUT2D eigenvalue weighted by Gasteiger charge is -2.23. The highest BCUT2D eigenvalue weighted by Gasteiger charge is 2.25. The molecule has 284 valence electrons. The molecule has 1 aliphatic rings. The Kier molecular flexibility index (Phi) is 9.11. The van der Waals surface area contributed by atoms with Gasteiger partial charge in [0, 0.05) is 58.8 Å². The van der Waals surface area contributed by atoms with E-state index in [9.17, 15) is 0 Å². The summed E-state index contributed by atoms with van der Waals surface area (Å²) >= 11 is 0. The average molecular weight is 739 g/mol. The molecule has 0 bridgehead atoms. The average Bonchev–Trinajstić information content (AvgIpc) is 3.59. The van der Waals surface area contributed by atoms with Gasteiger partial charge < -0.3 is 14.5 Å². The van der Waals surface area contributed by atoms with Gasteiger partial charge in [0.1, 0.15) is 17.3 Å². The lowest BCUT2D eigenvalue weighted by molar-refractivity contribution is 0.459. The zero-order valence-electron chi connectivity index (χ0n) is 35.1. The minimum absolute atomic E-state index is 0.0369. The summed E-state index contributed by atoms with van der Waals surface area (Å²) in [6, 6.07) is 33.5. The van der Waals surface area contributed by atoms with E-state index < -0.39 is 0 Å². The van der Waals surface area contributed by atoms with E-state index in [1.807, 2.05) is 6.20 Å². The summed E-state index contributed by atoms with van der Waals surface area (Å²) < 4.78 is 9.34. The van der Waals surface area contributed by atoms with Gasteiger partial charge in [0.15, 0.2) is 0 Å². The maximum absolute atomic E-state index is 6.98. The Balaban J connectivity index is 1.35. The zero-order chi connectivity index (χ0) is 39.8. The zero-order valence-corrected chi connectivity index (χ0v) is 35.1. The Morgan fingerprint density at radius 3 is 1.91 bits per heavy atom. The normalized spacial score (nSPS) is 13.5. The molecule has 5 heteroatoms. The second-order valence-electron chi connectivity index (χ2n) is 17.2. The largest absolute Gasteiger partial charge is 0.457 e. The number of aryl methyl sites for hydroxylation is 6. The molecule has 0 radical (unpaired) electrons. The number of hydrogen-bond acceptors (Lipinski definition) is 4. The van der Waals surface area contributed by atoms with Crippen molar-refractivity contribution >= 4 is 27.5 Å². The van der Waals surface area contributed by atoms with Gasteiger partial charge in [-0.3, -0.25) is 4.57 Å². The van der Waals surface area contributed by atoms with Crippen LogP contribution in [0.15, 0.2) is 109 Å². The molecule has 5 nitrogen and oxygen atoms in total. The molecule has 0 saturated heterocycles. The number of allylic oxidation sites excluding steroid dienone is 2. The van der Waals surface area contributed by atoms with Crippen LogP contribution in [0.25, 0.3) is 49.9 Å². The second-order valence-corrected chi connectivity index (χ2v) is 17.2. The molecular weight excluding hydrogens is 685 g/mol. The van der Waals surface area contributed by atoms with Crippen LogP contribution in [0.1, 0.15) is 73.6 Å². The number of aromatic nitrogens is 2. The van der Waals surface area contributed by atoms with Gasteiger partial charge in [-0.15, -0.1) is 0 Å². The van der Waals surface area contributed by atoms with E-state index in [1.165, 1.54) is 72.4 Å². The first-order valence-electron chi connectivity index (χ1n) is 19.8. The van der Waals surface area contributed by atoms with Crippen LogP contribution < -0.4 is 9.64 Å². The second kappa shape index (κ2) is 13.7. The maximum Gasteiger partial charge on any atom is 0.137 e. The number of para-hydroxylation sites is 1. The third-order valence-corrected chi connectivity index (χ3v) is 11.8. The SMILES string of the molecule is CC1=C(C)N(c2cc(Oc3ccc4c5cccc(-c6c(C)cc(C)cc6C)c5n(-c5cc(C(C)(C)C)ccn5)c4c3)cc(-c3c(C)cc(C)cc3C)c2)CN1C. The number of anilines is 1. The maximum atomic E-state index is 6.98. The molecule has 7 aromatic rings. The number of rotatable bonds is 6. The summed E-state index contributed by atoms with van der Waals surface area (Å²) in [6.07, 6.45) is 1.95. The fourth-order valence-corrected chi connectivity index (χ4v) is 9.05. The smallest absolute Gasteiger partial charge is 0.137 e. The van der Waals surface area contributed by atoms with Gasteiger partial charge in [0.05, 0.1) is 17.7 Å². The first-order valence-corrected chi connectivity index (χ1v) is 19.8. The molecule has 56 heavy (non-hydrogen) atoms. The van der Waals surface area contributed by atoms with Crippen molar-refractivity contribution in [1.82, 2.24) is 14.5 Å². The molecule has 0 fully saturated rings. The summed E-state index contributed by atoms with van der Waals surface area (Å²) in [6.45, 7) is 25.2. The van der Waals surface area contributed by atoms with Gasteiger partial charge in [0.25, 0.3) is 0 Å². The molecule has 0 N–H and O–H groups in total. The van der Waals surface area contributed by atoms with Crippen molar-refractivity contribution in [2.24, 2.45) is 0 Å². The van der Waals surface area contributed by atoms with E-state index >= 15 is 0 Å². The molecule has 0 saturated carbocycles. The van der Waals surface area contributed by atoms with Crippen molar-refractivity contribution in [3.63, 3.8) is 0 Å². The van der Waals surface area contributed by atoms with Crippen molar-refractivity contribution in [3.8, 4) is 39.6 Å². The number of ether oxygens (including phenoxy) is 1. The minimum Gasteiger partial charge on any atom is -0.457 e. The Morgan fingerprint density at radius 1 is 0.625 bits per heavy atom. The minimum atomic E-state index is -0.0369. The van der Waals surface area contributed by atoms with Crippen LogP contribution >= 0.6 is 0 Å². The Hall–Kier alpha value is -5.81. The molecule has 0 spiro atoms. The molecule has 1 aliphatic heterocycles. The predicted molar refractivity (Wildman–Crippen MR) is 237 cm³/mol. The van der Waals surface area contributed by atoms with Crippen molar-refractivity contribution in [1.29, 1.82) is 0 Å². The molecule has 0 atom stereocenters. The molecule has 0 aliphatic carbocycles. The molecule has 3 heterocycles. The monoisotopic (exact) mass is 738 g/mol.